The summed E-state index contributed by atoms with van der Waals surface area (Å²) >= 11 is 0. The topological polar surface area (TPSA) is 52.6 Å². The molecular formula is C19H24N2O2. The van der Waals surface area contributed by atoms with E-state index in [0.29, 0.717) is 12.5 Å². The number of nitrogens with zero attached hydrogens (tertiary/aromatic N) is 1. The number of carboxylic acid groups (broad SMARTS) is 1. The third kappa shape index (κ3) is 4.23. The predicted octanol–water partition coefficient (Wildman–Crippen LogP) is 3.36. The van der Waals surface area contributed by atoms with E-state index in [0.717, 1.165) is 38.9 Å². The molecule has 2 N–H and O–H groups in total. The van der Waals surface area contributed by atoms with Crippen molar-refractivity contribution >= 4 is 16.9 Å². The van der Waals surface area contributed by atoms with Gasteiger partial charge in [0.2, 0.25) is 0 Å². The summed E-state index contributed by atoms with van der Waals surface area (Å²) in [6, 6.07) is 15.1. The predicted molar refractivity (Wildman–Crippen MR) is 92.8 cm³/mol. The van der Waals surface area contributed by atoms with Crippen LogP contribution >= 0.6 is 0 Å². The molecule has 1 aliphatic heterocycles. The molecule has 2 aromatic carbocycles. The molecule has 4 heteroatoms. The summed E-state index contributed by atoms with van der Waals surface area (Å²) in [5.41, 5.74) is 1.41. The Morgan fingerprint density at radius 3 is 2.65 bits per heavy atom. The highest BCUT2D eigenvalue weighted by Crippen LogP contribution is 2.21. The lowest BCUT2D eigenvalue weighted by atomic mass is 9.96. The number of piperidine rings is 1. The fraction of sp³-hybridized carbons (Fsp3) is 0.421. The van der Waals surface area contributed by atoms with E-state index in [2.05, 4.69) is 52.7 Å². The first-order chi connectivity index (χ1) is 11.2. The van der Waals surface area contributed by atoms with E-state index < -0.39 is 6.09 Å². The quantitative estimate of drug-likeness (QED) is 0.890. The van der Waals surface area contributed by atoms with Gasteiger partial charge in [-0.25, -0.2) is 4.79 Å². The Morgan fingerprint density at radius 2 is 1.87 bits per heavy atom. The average Bonchev–Trinajstić information content (AvgIpc) is 2.59. The molecule has 0 radical (unpaired) electrons. The van der Waals surface area contributed by atoms with Gasteiger partial charge in [-0.2, -0.15) is 0 Å². The van der Waals surface area contributed by atoms with Crippen LogP contribution in [0.2, 0.25) is 0 Å². The van der Waals surface area contributed by atoms with Crippen molar-refractivity contribution < 1.29 is 9.90 Å². The molecule has 4 nitrogen and oxygen atoms in total. The van der Waals surface area contributed by atoms with Crippen molar-refractivity contribution in [2.45, 2.75) is 19.3 Å². The molecule has 1 fully saturated rings. The summed E-state index contributed by atoms with van der Waals surface area (Å²) in [5.74, 6) is 0.486. The standard InChI is InChI=1S/C19H24N2O2/c22-19(23)20-14-15-8-11-21(12-9-15)13-10-17-6-3-5-16-4-1-2-7-18(16)17/h1-7,15,20H,8-14H2,(H,22,23). The molecule has 23 heavy (non-hydrogen) atoms. The molecule has 0 saturated carbocycles. The Labute approximate surface area is 137 Å². The highest BCUT2D eigenvalue weighted by Gasteiger charge is 2.19. The van der Waals surface area contributed by atoms with Crippen LogP contribution in [0, 0.1) is 5.92 Å². The lowest BCUT2D eigenvalue weighted by Gasteiger charge is -2.31. The molecular weight excluding hydrogens is 288 g/mol. The molecule has 122 valence electrons. The van der Waals surface area contributed by atoms with Crippen LogP contribution in [0.1, 0.15) is 18.4 Å². The minimum Gasteiger partial charge on any atom is -0.465 e. The molecule has 1 amide bonds. The average molecular weight is 312 g/mol. The van der Waals surface area contributed by atoms with Crippen LogP contribution in [0.15, 0.2) is 42.5 Å². The molecule has 2 aromatic rings. The van der Waals surface area contributed by atoms with Crippen LogP contribution in [0.4, 0.5) is 4.79 Å². The van der Waals surface area contributed by atoms with Crippen molar-refractivity contribution in [2.75, 3.05) is 26.2 Å². The van der Waals surface area contributed by atoms with Gasteiger partial charge >= 0.3 is 6.09 Å². The molecule has 0 spiro atoms. The minimum atomic E-state index is -0.914. The Bertz CT molecular complexity index is 658. The molecule has 1 saturated heterocycles. The van der Waals surface area contributed by atoms with Gasteiger partial charge in [0.25, 0.3) is 0 Å². The Kier molecular flexibility index (Phi) is 5.13. The summed E-state index contributed by atoms with van der Waals surface area (Å²) in [6.07, 6.45) is 2.31. The third-order valence-electron chi connectivity index (χ3n) is 4.83. The molecule has 0 aromatic heterocycles. The zero-order chi connectivity index (χ0) is 16.1. The molecule has 0 unspecified atom stereocenters. The monoisotopic (exact) mass is 312 g/mol. The fourth-order valence-corrected chi connectivity index (χ4v) is 3.43. The third-order valence-corrected chi connectivity index (χ3v) is 4.83. The zero-order valence-corrected chi connectivity index (χ0v) is 13.4. The van der Waals surface area contributed by atoms with E-state index in [4.69, 9.17) is 5.11 Å². The second kappa shape index (κ2) is 7.47. The molecule has 3 rings (SSSR count). The van der Waals surface area contributed by atoms with Gasteiger partial charge in [0.1, 0.15) is 0 Å². The van der Waals surface area contributed by atoms with Crippen molar-refractivity contribution in [3.8, 4) is 0 Å². The van der Waals surface area contributed by atoms with Crippen LogP contribution in [0.25, 0.3) is 10.8 Å². The lowest BCUT2D eigenvalue weighted by Crippen LogP contribution is -2.39. The second-order valence-corrected chi connectivity index (χ2v) is 6.36. The van der Waals surface area contributed by atoms with Gasteiger partial charge in [-0.1, -0.05) is 42.5 Å². The first-order valence-corrected chi connectivity index (χ1v) is 8.38. The van der Waals surface area contributed by atoms with Crippen molar-refractivity contribution in [1.82, 2.24) is 10.2 Å². The van der Waals surface area contributed by atoms with Gasteiger partial charge in [-0.05, 0) is 54.6 Å². The summed E-state index contributed by atoms with van der Waals surface area (Å²) in [7, 11) is 0. The SMILES string of the molecule is O=C(O)NCC1CCN(CCc2cccc3ccccc23)CC1. The first kappa shape index (κ1) is 15.8. The van der Waals surface area contributed by atoms with Gasteiger partial charge in [0.15, 0.2) is 0 Å². The fourth-order valence-electron chi connectivity index (χ4n) is 3.43. The van der Waals surface area contributed by atoms with E-state index in [1.165, 1.54) is 16.3 Å². The number of likely N-dealkylation sites (tertiary alicyclic amines) is 1. The molecule has 1 heterocycles. The van der Waals surface area contributed by atoms with Gasteiger partial charge in [-0.15, -0.1) is 0 Å². The number of hydrogen-bond donors (Lipinski definition) is 2. The maximum Gasteiger partial charge on any atom is 0.404 e. The number of hydrogen-bond acceptors (Lipinski definition) is 2. The van der Waals surface area contributed by atoms with Gasteiger partial charge in [0, 0.05) is 13.1 Å². The first-order valence-electron chi connectivity index (χ1n) is 8.38. The summed E-state index contributed by atoms with van der Waals surface area (Å²) in [5, 5.41) is 13.8. The number of fused-ring (bicyclic) bond motifs is 1. The van der Waals surface area contributed by atoms with Crippen LogP contribution in [0.3, 0.4) is 0 Å². The van der Waals surface area contributed by atoms with Crippen LogP contribution in [0.5, 0.6) is 0 Å². The normalized spacial score (nSPS) is 16.5. The number of carbonyl (C=O) groups is 1. The zero-order valence-electron chi connectivity index (χ0n) is 13.4. The van der Waals surface area contributed by atoms with Crippen LogP contribution in [-0.2, 0) is 6.42 Å². The highest BCUT2D eigenvalue weighted by atomic mass is 16.4. The number of nitrogens with one attached hydrogen (secondary N) is 1. The Hall–Kier alpha value is -2.07. The number of rotatable bonds is 5. The summed E-state index contributed by atoms with van der Waals surface area (Å²) in [6.45, 7) is 3.80. The summed E-state index contributed by atoms with van der Waals surface area (Å²) in [4.78, 5) is 13.1. The van der Waals surface area contributed by atoms with Crippen molar-refractivity contribution in [2.24, 2.45) is 5.92 Å². The Morgan fingerprint density at radius 1 is 1.13 bits per heavy atom. The minimum absolute atomic E-state index is 0.486. The van der Waals surface area contributed by atoms with Gasteiger partial charge in [-0.3, -0.25) is 0 Å². The maximum absolute atomic E-state index is 10.6. The maximum atomic E-state index is 10.6. The van der Waals surface area contributed by atoms with E-state index in [-0.39, 0.29) is 0 Å². The van der Waals surface area contributed by atoms with E-state index in [9.17, 15) is 4.79 Å². The van der Waals surface area contributed by atoms with Gasteiger partial charge < -0.3 is 15.3 Å². The lowest BCUT2D eigenvalue weighted by molar-refractivity contribution is 0.171. The Balaban J connectivity index is 1.50. The van der Waals surface area contributed by atoms with E-state index >= 15 is 0 Å². The van der Waals surface area contributed by atoms with Gasteiger partial charge in [0.05, 0.1) is 0 Å². The van der Waals surface area contributed by atoms with Crippen LogP contribution < -0.4 is 5.32 Å². The van der Waals surface area contributed by atoms with Crippen molar-refractivity contribution in [3.63, 3.8) is 0 Å². The van der Waals surface area contributed by atoms with Crippen molar-refractivity contribution in [1.29, 1.82) is 0 Å². The smallest absolute Gasteiger partial charge is 0.404 e. The van der Waals surface area contributed by atoms with Crippen molar-refractivity contribution in [3.05, 3.63) is 48.0 Å². The summed E-state index contributed by atoms with van der Waals surface area (Å²) < 4.78 is 0. The van der Waals surface area contributed by atoms with Crippen LogP contribution in [-0.4, -0.2) is 42.3 Å². The largest absolute Gasteiger partial charge is 0.465 e. The number of amides is 1. The molecule has 0 bridgehead atoms. The second-order valence-electron chi connectivity index (χ2n) is 6.36. The molecule has 1 aliphatic rings. The molecule has 0 aliphatic carbocycles. The highest BCUT2D eigenvalue weighted by molar-refractivity contribution is 5.85. The number of benzene rings is 2. The van der Waals surface area contributed by atoms with E-state index in [1.54, 1.807) is 0 Å². The molecule has 0 atom stereocenters. The van der Waals surface area contributed by atoms with E-state index in [1.807, 2.05) is 0 Å².